The first-order valence-electron chi connectivity index (χ1n) is 8.23. The van der Waals surface area contributed by atoms with Crippen LogP contribution in [0.1, 0.15) is 40.3 Å². The maximum absolute atomic E-state index is 12.8. The predicted molar refractivity (Wildman–Crippen MR) is 87.0 cm³/mol. The maximum atomic E-state index is 12.8. The van der Waals surface area contributed by atoms with Crippen LogP contribution in [0.5, 0.6) is 0 Å². The van der Waals surface area contributed by atoms with Gasteiger partial charge in [-0.3, -0.25) is 9.59 Å². The highest BCUT2D eigenvalue weighted by Crippen LogP contribution is 2.25. The molecule has 0 bridgehead atoms. The predicted octanol–water partition coefficient (Wildman–Crippen LogP) is -0.167. The molecular weight excluding hydrogens is 324 g/mol. The van der Waals surface area contributed by atoms with E-state index in [2.05, 4.69) is 15.8 Å². The van der Waals surface area contributed by atoms with Gasteiger partial charge in [0.2, 0.25) is 5.91 Å². The van der Waals surface area contributed by atoms with Gasteiger partial charge in [0, 0.05) is 13.1 Å². The number of carbonyl (C=O) groups excluding carboxylic acids is 2. The second-order valence-electron chi connectivity index (χ2n) is 6.41. The second kappa shape index (κ2) is 6.01. The number of nitrogens with one attached hydrogen (secondary N) is 2. The topological polar surface area (TPSA) is 118 Å². The summed E-state index contributed by atoms with van der Waals surface area (Å²) in [4.78, 5) is 30.2. The van der Waals surface area contributed by atoms with Gasteiger partial charge in [-0.05, 0) is 25.5 Å². The molecule has 0 aromatic carbocycles. The first kappa shape index (κ1) is 15.9. The van der Waals surface area contributed by atoms with Gasteiger partial charge in [0.05, 0.1) is 18.8 Å². The monoisotopic (exact) mass is 344 g/mol. The average molecular weight is 344 g/mol. The van der Waals surface area contributed by atoms with E-state index < -0.39 is 5.91 Å². The van der Waals surface area contributed by atoms with E-state index in [1.165, 1.54) is 6.20 Å². The number of nitrogens with zero attached hydrogens (tertiary/aromatic N) is 3. The Morgan fingerprint density at radius 3 is 2.88 bits per heavy atom. The number of hydrazine groups is 1. The van der Waals surface area contributed by atoms with E-state index in [1.54, 1.807) is 9.47 Å². The summed E-state index contributed by atoms with van der Waals surface area (Å²) in [6.07, 6.45) is 2.08. The van der Waals surface area contributed by atoms with Crippen molar-refractivity contribution in [2.24, 2.45) is 5.73 Å². The first-order valence-corrected chi connectivity index (χ1v) is 8.23. The molecule has 0 spiro atoms. The van der Waals surface area contributed by atoms with E-state index in [-0.39, 0.29) is 18.0 Å². The van der Waals surface area contributed by atoms with Crippen LogP contribution in [-0.2, 0) is 17.9 Å². The summed E-state index contributed by atoms with van der Waals surface area (Å²) in [5.74, 6) is 1.85. The number of nitrogens with two attached hydrogens (primary N) is 1. The van der Waals surface area contributed by atoms with Gasteiger partial charge in [-0.25, -0.2) is 15.8 Å². The van der Waals surface area contributed by atoms with Gasteiger partial charge in [-0.1, -0.05) is 0 Å². The molecule has 2 aliphatic rings. The summed E-state index contributed by atoms with van der Waals surface area (Å²) in [7, 11) is 0. The highest BCUT2D eigenvalue weighted by molar-refractivity contribution is 5.91. The molecule has 0 saturated carbocycles. The second-order valence-corrected chi connectivity index (χ2v) is 6.41. The van der Waals surface area contributed by atoms with Crippen LogP contribution in [0.3, 0.4) is 0 Å². The van der Waals surface area contributed by atoms with Gasteiger partial charge < -0.3 is 19.6 Å². The van der Waals surface area contributed by atoms with Crippen molar-refractivity contribution >= 4 is 11.8 Å². The molecule has 2 aromatic rings. The number of furan rings is 1. The zero-order valence-electron chi connectivity index (χ0n) is 13.9. The van der Waals surface area contributed by atoms with Gasteiger partial charge in [0.1, 0.15) is 29.1 Å². The van der Waals surface area contributed by atoms with Crippen molar-refractivity contribution in [3.05, 3.63) is 41.4 Å². The maximum Gasteiger partial charge on any atom is 0.266 e. The fourth-order valence-electron chi connectivity index (χ4n) is 3.41. The largest absolute Gasteiger partial charge is 0.465 e. The quantitative estimate of drug-likeness (QED) is 0.712. The lowest BCUT2D eigenvalue weighted by Gasteiger charge is -2.30. The van der Waals surface area contributed by atoms with E-state index in [0.29, 0.717) is 37.6 Å². The van der Waals surface area contributed by atoms with Crippen molar-refractivity contribution in [3.63, 3.8) is 0 Å². The number of rotatable bonds is 3. The summed E-state index contributed by atoms with van der Waals surface area (Å²) in [5, 5.41) is 0. The Hall–Kier alpha value is -2.65. The van der Waals surface area contributed by atoms with E-state index in [1.807, 2.05) is 19.1 Å². The van der Waals surface area contributed by atoms with Crippen LogP contribution in [-0.4, -0.2) is 38.9 Å². The number of imidazole rings is 1. The van der Waals surface area contributed by atoms with Gasteiger partial charge in [0.25, 0.3) is 5.91 Å². The molecule has 132 valence electrons. The number of aromatic nitrogens is 2. The lowest BCUT2D eigenvalue weighted by atomic mass is 10.1. The summed E-state index contributed by atoms with van der Waals surface area (Å²) in [6, 6.07) is 3.47. The molecule has 25 heavy (non-hydrogen) atoms. The number of fused-ring (bicyclic) bond motifs is 1. The summed E-state index contributed by atoms with van der Waals surface area (Å²) in [5.41, 5.74) is 11.9. The summed E-state index contributed by atoms with van der Waals surface area (Å²) >= 11 is 0. The van der Waals surface area contributed by atoms with Crippen LogP contribution in [0, 0.1) is 6.92 Å². The highest BCUT2D eigenvalue weighted by atomic mass is 16.3. The molecule has 0 radical (unpaired) electrons. The molecule has 4 N–H and O–H groups in total. The van der Waals surface area contributed by atoms with Crippen molar-refractivity contribution in [2.75, 3.05) is 6.54 Å². The number of amides is 2. The Bertz CT molecular complexity index is 826. The minimum Gasteiger partial charge on any atom is -0.465 e. The molecule has 4 rings (SSSR count). The smallest absolute Gasteiger partial charge is 0.266 e. The molecule has 1 fully saturated rings. The molecule has 2 aliphatic heterocycles. The van der Waals surface area contributed by atoms with Gasteiger partial charge in [0.15, 0.2) is 0 Å². The fraction of sp³-hybridized carbons (Fsp3) is 0.438. The molecule has 9 nitrogen and oxygen atoms in total. The van der Waals surface area contributed by atoms with Crippen LogP contribution < -0.4 is 16.6 Å². The van der Waals surface area contributed by atoms with Gasteiger partial charge in [-0.2, -0.15) is 0 Å². The van der Waals surface area contributed by atoms with Gasteiger partial charge in [-0.15, -0.1) is 0 Å². The number of carbonyl (C=O) groups is 2. The van der Waals surface area contributed by atoms with E-state index in [0.717, 1.165) is 11.5 Å². The van der Waals surface area contributed by atoms with Crippen molar-refractivity contribution < 1.29 is 14.0 Å². The van der Waals surface area contributed by atoms with Crippen LogP contribution in [0.25, 0.3) is 0 Å². The molecule has 4 heterocycles. The lowest BCUT2D eigenvalue weighted by Crippen LogP contribution is -2.48. The van der Waals surface area contributed by atoms with E-state index >= 15 is 0 Å². The Morgan fingerprint density at radius 2 is 2.16 bits per heavy atom. The third-order valence-corrected chi connectivity index (χ3v) is 4.73. The van der Waals surface area contributed by atoms with Crippen LogP contribution in [0.4, 0.5) is 0 Å². The van der Waals surface area contributed by atoms with E-state index in [9.17, 15) is 9.59 Å². The summed E-state index contributed by atoms with van der Waals surface area (Å²) in [6.45, 7) is 3.30. The van der Waals surface area contributed by atoms with Gasteiger partial charge >= 0.3 is 0 Å². The third-order valence-electron chi connectivity index (χ3n) is 4.73. The van der Waals surface area contributed by atoms with Crippen LogP contribution >= 0.6 is 0 Å². The molecular formula is C16H20N6O3. The molecule has 9 heteroatoms. The first-order chi connectivity index (χ1) is 12.0. The Kier molecular flexibility index (Phi) is 3.81. The normalized spacial score (nSPS) is 22.8. The van der Waals surface area contributed by atoms with Crippen LogP contribution in [0.2, 0.25) is 0 Å². The Morgan fingerprint density at radius 1 is 1.32 bits per heavy atom. The number of primary amides is 1. The zero-order valence-corrected chi connectivity index (χ0v) is 13.9. The zero-order chi connectivity index (χ0) is 17.6. The standard InChI is InChI=1S/C16H20N6O3/c1-9-2-3-13(25-9)10-6-11(20-19-10)16(24)21-4-5-22-12(15(17)23)7-18-14(22)8-21/h2-3,7,10-11,19-20H,4-6,8H2,1H3,(H2,17,23). The van der Waals surface area contributed by atoms with Crippen LogP contribution in [0.15, 0.2) is 22.7 Å². The third kappa shape index (κ3) is 2.81. The molecule has 2 aromatic heterocycles. The number of aryl methyl sites for hydroxylation is 1. The van der Waals surface area contributed by atoms with Crippen molar-refractivity contribution in [1.29, 1.82) is 0 Å². The molecule has 2 unspecified atom stereocenters. The Balaban J connectivity index is 1.43. The number of hydrogen-bond acceptors (Lipinski definition) is 6. The molecule has 2 amide bonds. The minimum absolute atomic E-state index is 0.00755. The minimum atomic E-state index is -0.503. The highest BCUT2D eigenvalue weighted by Gasteiger charge is 2.35. The SMILES string of the molecule is Cc1ccc(C2CC(C(=O)N3CCn4c(C(N)=O)cnc4C3)NN2)o1. The van der Waals surface area contributed by atoms with Crippen molar-refractivity contribution in [3.8, 4) is 0 Å². The average Bonchev–Trinajstić information content (AvgIpc) is 3.32. The Labute approximate surface area is 144 Å². The molecule has 1 saturated heterocycles. The molecule has 2 atom stereocenters. The number of hydrogen-bond donors (Lipinski definition) is 3. The van der Waals surface area contributed by atoms with Crippen molar-refractivity contribution in [1.82, 2.24) is 25.3 Å². The van der Waals surface area contributed by atoms with Crippen molar-refractivity contribution in [2.45, 2.75) is 38.5 Å². The molecule has 0 aliphatic carbocycles. The summed E-state index contributed by atoms with van der Waals surface area (Å²) < 4.78 is 7.41. The lowest BCUT2D eigenvalue weighted by molar-refractivity contribution is -0.134. The van der Waals surface area contributed by atoms with E-state index in [4.69, 9.17) is 10.2 Å². The fourth-order valence-corrected chi connectivity index (χ4v) is 3.41.